The van der Waals surface area contributed by atoms with Gasteiger partial charge in [-0.3, -0.25) is 9.48 Å². The second-order valence-corrected chi connectivity index (χ2v) is 4.85. The number of rotatable bonds is 8. The van der Waals surface area contributed by atoms with E-state index in [1.807, 2.05) is 24.0 Å². The molecule has 1 amide bonds. The molecule has 1 aromatic rings. The third-order valence-electron chi connectivity index (χ3n) is 2.95. The monoisotopic (exact) mass is 252 g/mol. The van der Waals surface area contributed by atoms with Gasteiger partial charge in [0.1, 0.15) is 0 Å². The van der Waals surface area contributed by atoms with Crippen LogP contribution in [0.25, 0.3) is 0 Å². The number of nitrogens with one attached hydrogen (secondary N) is 1. The second-order valence-electron chi connectivity index (χ2n) is 4.85. The number of hydrogen-bond donors (Lipinski definition) is 2. The second kappa shape index (κ2) is 7.87. The maximum Gasteiger partial charge on any atom is 0.220 e. The van der Waals surface area contributed by atoms with Gasteiger partial charge in [0.25, 0.3) is 0 Å². The van der Waals surface area contributed by atoms with Crippen molar-refractivity contribution in [2.24, 2.45) is 11.7 Å². The van der Waals surface area contributed by atoms with Crippen molar-refractivity contribution < 1.29 is 4.79 Å². The molecule has 3 N–H and O–H groups in total. The Labute approximate surface area is 109 Å². The van der Waals surface area contributed by atoms with Crippen LogP contribution in [-0.4, -0.2) is 28.8 Å². The summed E-state index contributed by atoms with van der Waals surface area (Å²) in [6.45, 7) is 6.18. The number of nitrogens with two attached hydrogens (primary N) is 1. The van der Waals surface area contributed by atoms with Crippen LogP contribution in [0.5, 0.6) is 0 Å². The van der Waals surface area contributed by atoms with E-state index < -0.39 is 0 Å². The molecule has 1 heterocycles. The molecule has 0 bridgehead atoms. The quantitative estimate of drug-likeness (QED) is 0.727. The number of nitrogens with zero attached hydrogens (tertiary/aromatic N) is 2. The lowest BCUT2D eigenvalue weighted by molar-refractivity contribution is -0.121. The van der Waals surface area contributed by atoms with Gasteiger partial charge in [-0.15, -0.1) is 0 Å². The van der Waals surface area contributed by atoms with Crippen LogP contribution in [-0.2, 0) is 11.3 Å². The summed E-state index contributed by atoms with van der Waals surface area (Å²) >= 11 is 0. The van der Waals surface area contributed by atoms with E-state index in [1.165, 1.54) is 0 Å². The molecule has 0 aliphatic heterocycles. The summed E-state index contributed by atoms with van der Waals surface area (Å²) in [7, 11) is 0. The van der Waals surface area contributed by atoms with E-state index in [4.69, 9.17) is 5.73 Å². The Hall–Kier alpha value is -1.36. The van der Waals surface area contributed by atoms with Crippen molar-refractivity contribution in [1.29, 1.82) is 0 Å². The molecule has 5 nitrogen and oxygen atoms in total. The fourth-order valence-electron chi connectivity index (χ4n) is 1.79. The Morgan fingerprint density at radius 1 is 1.56 bits per heavy atom. The normalized spacial score (nSPS) is 12.4. The molecule has 0 spiro atoms. The summed E-state index contributed by atoms with van der Waals surface area (Å²) in [6.07, 6.45) is 6.26. The van der Waals surface area contributed by atoms with Gasteiger partial charge in [0.15, 0.2) is 0 Å². The average Bonchev–Trinajstić information content (AvgIpc) is 2.73. The maximum absolute atomic E-state index is 11.6. The average molecular weight is 252 g/mol. The maximum atomic E-state index is 11.6. The molecule has 1 rings (SSSR count). The third kappa shape index (κ3) is 5.82. The number of carbonyl (C=O) groups excluding carboxylic acids is 1. The van der Waals surface area contributed by atoms with Crippen molar-refractivity contribution in [3.05, 3.63) is 18.0 Å². The highest BCUT2D eigenvalue weighted by atomic mass is 16.1. The van der Waals surface area contributed by atoms with Gasteiger partial charge in [-0.05, 0) is 37.8 Å². The van der Waals surface area contributed by atoms with Crippen molar-refractivity contribution >= 4 is 5.91 Å². The van der Waals surface area contributed by atoms with Crippen LogP contribution in [0.3, 0.4) is 0 Å². The van der Waals surface area contributed by atoms with E-state index in [0.29, 0.717) is 25.4 Å². The van der Waals surface area contributed by atoms with Crippen molar-refractivity contribution in [1.82, 2.24) is 15.1 Å². The fraction of sp³-hybridized carbons (Fsp3) is 0.692. The van der Waals surface area contributed by atoms with Crippen LogP contribution in [0.4, 0.5) is 0 Å². The van der Waals surface area contributed by atoms with Crippen LogP contribution in [0.15, 0.2) is 12.4 Å². The molecule has 0 aliphatic rings. The van der Waals surface area contributed by atoms with Crippen LogP contribution in [0.2, 0.25) is 0 Å². The van der Waals surface area contributed by atoms with E-state index >= 15 is 0 Å². The van der Waals surface area contributed by atoms with Crippen LogP contribution in [0, 0.1) is 12.8 Å². The molecule has 102 valence electrons. The number of aryl methyl sites for hydroxylation is 1. The van der Waals surface area contributed by atoms with E-state index in [2.05, 4.69) is 17.3 Å². The molecule has 0 aliphatic carbocycles. The first-order chi connectivity index (χ1) is 8.61. The molecule has 0 saturated carbocycles. The zero-order valence-electron chi connectivity index (χ0n) is 11.4. The highest BCUT2D eigenvalue weighted by Crippen LogP contribution is 2.08. The Morgan fingerprint density at radius 2 is 2.33 bits per heavy atom. The van der Waals surface area contributed by atoms with E-state index in [-0.39, 0.29) is 5.91 Å². The predicted octanol–water partition coefficient (Wildman–Crippen LogP) is 1.07. The molecule has 1 aromatic heterocycles. The first-order valence-electron chi connectivity index (χ1n) is 6.57. The standard InChI is InChI=1S/C13H24N4O/c1-11(5-6-14)3-4-13(18)15-7-8-17-10-12(2)9-16-17/h9-11H,3-8,14H2,1-2H3,(H,15,18). The van der Waals surface area contributed by atoms with Crippen LogP contribution in [0.1, 0.15) is 31.7 Å². The number of amides is 1. The zero-order valence-corrected chi connectivity index (χ0v) is 11.4. The summed E-state index contributed by atoms with van der Waals surface area (Å²) in [5, 5.41) is 7.07. The van der Waals surface area contributed by atoms with E-state index in [0.717, 1.165) is 24.9 Å². The molecule has 1 unspecified atom stereocenters. The van der Waals surface area contributed by atoms with Gasteiger partial charge < -0.3 is 11.1 Å². The number of aromatic nitrogens is 2. The predicted molar refractivity (Wildman–Crippen MR) is 72.0 cm³/mol. The topological polar surface area (TPSA) is 72.9 Å². The van der Waals surface area contributed by atoms with E-state index in [9.17, 15) is 4.79 Å². The first-order valence-corrected chi connectivity index (χ1v) is 6.57. The Morgan fingerprint density at radius 3 is 2.94 bits per heavy atom. The molecule has 0 saturated heterocycles. The molecule has 1 atom stereocenters. The molecule has 0 aromatic carbocycles. The van der Waals surface area contributed by atoms with Gasteiger partial charge >= 0.3 is 0 Å². The van der Waals surface area contributed by atoms with E-state index in [1.54, 1.807) is 0 Å². The lowest BCUT2D eigenvalue weighted by Gasteiger charge is -2.09. The van der Waals surface area contributed by atoms with Gasteiger partial charge in [-0.25, -0.2) is 0 Å². The van der Waals surface area contributed by atoms with Gasteiger partial charge in [-0.2, -0.15) is 5.10 Å². The minimum atomic E-state index is 0.114. The van der Waals surface area contributed by atoms with Crippen molar-refractivity contribution in [2.75, 3.05) is 13.1 Å². The summed E-state index contributed by atoms with van der Waals surface area (Å²) < 4.78 is 1.84. The minimum Gasteiger partial charge on any atom is -0.354 e. The summed E-state index contributed by atoms with van der Waals surface area (Å²) in [5.74, 6) is 0.636. The lowest BCUT2D eigenvalue weighted by atomic mass is 10.0. The van der Waals surface area contributed by atoms with Gasteiger partial charge in [0.05, 0.1) is 12.7 Å². The minimum absolute atomic E-state index is 0.114. The fourth-order valence-corrected chi connectivity index (χ4v) is 1.79. The zero-order chi connectivity index (χ0) is 13.4. The Balaban J connectivity index is 2.10. The molecule has 0 radical (unpaired) electrons. The van der Waals surface area contributed by atoms with Crippen LogP contribution >= 0.6 is 0 Å². The summed E-state index contributed by atoms with van der Waals surface area (Å²) in [6, 6.07) is 0. The van der Waals surface area contributed by atoms with Crippen molar-refractivity contribution in [3.8, 4) is 0 Å². The lowest BCUT2D eigenvalue weighted by Crippen LogP contribution is -2.27. The molecule has 0 fully saturated rings. The Kier molecular flexibility index (Phi) is 6.43. The summed E-state index contributed by atoms with van der Waals surface area (Å²) in [5.41, 5.74) is 6.61. The Bertz CT molecular complexity index is 362. The highest BCUT2D eigenvalue weighted by Gasteiger charge is 2.05. The van der Waals surface area contributed by atoms with Gasteiger partial charge in [-0.1, -0.05) is 6.92 Å². The molecular weight excluding hydrogens is 228 g/mol. The van der Waals surface area contributed by atoms with Gasteiger partial charge in [0.2, 0.25) is 5.91 Å². The third-order valence-corrected chi connectivity index (χ3v) is 2.95. The molecule has 18 heavy (non-hydrogen) atoms. The largest absolute Gasteiger partial charge is 0.354 e. The molecular formula is C13H24N4O. The van der Waals surface area contributed by atoms with Crippen LogP contribution < -0.4 is 11.1 Å². The smallest absolute Gasteiger partial charge is 0.220 e. The molecule has 5 heteroatoms. The SMILES string of the molecule is Cc1cnn(CCNC(=O)CCC(C)CCN)c1. The van der Waals surface area contributed by atoms with Gasteiger partial charge in [0, 0.05) is 19.2 Å². The highest BCUT2D eigenvalue weighted by molar-refractivity contribution is 5.75. The van der Waals surface area contributed by atoms with Crippen molar-refractivity contribution in [3.63, 3.8) is 0 Å². The first kappa shape index (κ1) is 14.7. The van der Waals surface area contributed by atoms with Crippen molar-refractivity contribution in [2.45, 2.75) is 39.7 Å². The summed E-state index contributed by atoms with van der Waals surface area (Å²) in [4.78, 5) is 11.6. The number of hydrogen-bond acceptors (Lipinski definition) is 3. The number of carbonyl (C=O) groups is 1.